The average molecular weight is 380 g/mol. The third-order valence-electron chi connectivity index (χ3n) is 4.31. The molecule has 0 spiro atoms. The summed E-state index contributed by atoms with van der Waals surface area (Å²) < 4.78 is 15.1. The number of benzene rings is 2. The number of nitrogens with one attached hydrogen (secondary N) is 1. The third kappa shape index (κ3) is 3.38. The summed E-state index contributed by atoms with van der Waals surface area (Å²) in [6.07, 6.45) is 0. The van der Waals surface area contributed by atoms with E-state index in [1.54, 1.807) is 18.2 Å². The van der Waals surface area contributed by atoms with Crippen molar-refractivity contribution in [2.45, 2.75) is 24.8 Å². The number of aromatic amines is 1. The average Bonchev–Trinajstić information content (AvgIpc) is 2.98. The highest BCUT2D eigenvalue weighted by molar-refractivity contribution is 7.98. The van der Waals surface area contributed by atoms with E-state index in [-0.39, 0.29) is 11.5 Å². The Hall–Kier alpha value is -2.93. The molecule has 0 saturated heterocycles. The molecule has 0 unspecified atom stereocenters. The summed E-state index contributed by atoms with van der Waals surface area (Å²) in [5.41, 5.74) is 4.36. The highest BCUT2D eigenvalue weighted by atomic mass is 32.2. The zero-order valence-corrected chi connectivity index (χ0v) is 15.7. The fraction of sp³-hybridized carbons (Fsp3) is 0.150. The Labute approximate surface area is 159 Å². The molecule has 2 aromatic heterocycles. The Morgan fingerprint density at radius 1 is 1.11 bits per heavy atom. The van der Waals surface area contributed by atoms with Crippen LogP contribution < -0.4 is 5.69 Å². The molecule has 0 aliphatic heterocycles. The van der Waals surface area contributed by atoms with Crippen molar-refractivity contribution in [1.82, 2.24) is 19.6 Å². The molecule has 136 valence electrons. The van der Waals surface area contributed by atoms with Crippen LogP contribution >= 0.6 is 11.8 Å². The van der Waals surface area contributed by atoms with E-state index < -0.39 is 0 Å². The molecule has 2 heterocycles. The minimum Gasteiger partial charge on any atom is -0.285 e. The van der Waals surface area contributed by atoms with Crippen LogP contribution in [-0.4, -0.2) is 19.6 Å². The SMILES string of the molecule is Cc1ccc(-c2c(C)nn3c(=O)[nH]c(SCc4ccccc4F)nc23)cc1. The molecule has 0 radical (unpaired) electrons. The molecule has 27 heavy (non-hydrogen) atoms. The van der Waals surface area contributed by atoms with Gasteiger partial charge in [-0.1, -0.05) is 59.8 Å². The van der Waals surface area contributed by atoms with E-state index in [4.69, 9.17) is 0 Å². The topological polar surface area (TPSA) is 63.1 Å². The first kappa shape index (κ1) is 17.5. The molecule has 5 nitrogen and oxygen atoms in total. The van der Waals surface area contributed by atoms with Crippen LogP contribution in [0.3, 0.4) is 0 Å². The molecule has 0 atom stereocenters. The van der Waals surface area contributed by atoms with Gasteiger partial charge in [-0.15, -0.1) is 0 Å². The van der Waals surface area contributed by atoms with Gasteiger partial charge in [0.1, 0.15) is 5.82 Å². The fourth-order valence-electron chi connectivity index (χ4n) is 2.92. The molecule has 4 aromatic rings. The van der Waals surface area contributed by atoms with E-state index in [0.29, 0.717) is 22.1 Å². The highest BCUT2D eigenvalue weighted by Crippen LogP contribution is 2.28. The predicted octanol–water partition coefficient (Wildman–Crippen LogP) is 4.13. The number of nitrogens with zero attached hydrogens (tertiary/aromatic N) is 3. The molecule has 2 aromatic carbocycles. The maximum Gasteiger partial charge on any atom is 0.350 e. The second-order valence-corrected chi connectivity index (χ2v) is 7.25. The van der Waals surface area contributed by atoms with Crippen LogP contribution in [-0.2, 0) is 5.75 Å². The van der Waals surface area contributed by atoms with E-state index in [2.05, 4.69) is 15.1 Å². The van der Waals surface area contributed by atoms with E-state index in [1.165, 1.54) is 22.3 Å². The Morgan fingerprint density at radius 2 is 1.85 bits per heavy atom. The number of thioether (sulfide) groups is 1. The normalized spacial score (nSPS) is 11.2. The van der Waals surface area contributed by atoms with Crippen LogP contribution in [0.15, 0.2) is 58.5 Å². The van der Waals surface area contributed by atoms with E-state index in [9.17, 15) is 9.18 Å². The van der Waals surface area contributed by atoms with Gasteiger partial charge in [0.25, 0.3) is 0 Å². The Kier molecular flexibility index (Phi) is 4.53. The monoisotopic (exact) mass is 380 g/mol. The summed E-state index contributed by atoms with van der Waals surface area (Å²) in [5, 5.41) is 4.76. The quantitative estimate of drug-likeness (QED) is 0.541. The predicted molar refractivity (Wildman–Crippen MR) is 104 cm³/mol. The number of aromatic nitrogens is 4. The number of halogens is 1. The molecule has 0 aliphatic carbocycles. The first-order valence-electron chi connectivity index (χ1n) is 8.46. The molecular weight excluding hydrogens is 363 g/mol. The van der Waals surface area contributed by atoms with E-state index in [0.717, 1.165) is 22.4 Å². The van der Waals surface area contributed by atoms with Gasteiger partial charge in [-0.25, -0.2) is 14.2 Å². The Balaban J connectivity index is 1.76. The van der Waals surface area contributed by atoms with Crippen LogP contribution in [0.25, 0.3) is 16.8 Å². The van der Waals surface area contributed by atoms with Crippen molar-refractivity contribution in [2.24, 2.45) is 0 Å². The van der Waals surface area contributed by atoms with Gasteiger partial charge in [-0.05, 0) is 31.0 Å². The van der Waals surface area contributed by atoms with Crippen LogP contribution in [0.5, 0.6) is 0 Å². The second kappa shape index (κ2) is 7.00. The van der Waals surface area contributed by atoms with Gasteiger partial charge in [-0.3, -0.25) is 4.98 Å². The molecule has 0 bridgehead atoms. The smallest absolute Gasteiger partial charge is 0.285 e. The van der Waals surface area contributed by atoms with Gasteiger partial charge >= 0.3 is 5.69 Å². The van der Waals surface area contributed by atoms with Crippen molar-refractivity contribution in [3.63, 3.8) is 0 Å². The van der Waals surface area contributed by atoms with Crippen LogP contribution in [0.4, 0.5) is 4.39 Å². The Bertz CT molecular complexity index is 1180. The summed E-state index contributed by atoms with van der Waals surface area (Å²) in [6.45, 7) is 3.88. The largest absolute Gasteiger partial charge is 0.350 e. The van der Waals surface area contributed by atoms with Crippen molar-refractivity contribution in [2.75, 3.05) is 0 Å². The third-order valence-corrected chi connectivity index (χ3v) is 5.23. The molecule has 0 saturated carbocycles. The summed E-state index contributed by atoms with van der Waals surface area (Å²) in [6, 6.07) is 14.6. The van der Waals surface area contributed by atoms with Gasteiger partial charge in [-0.2, -0.15) is 9.61 Å². The maximum absolute atomic E-state index is 13.8. The number of rotatable bonds is 4. The van der Waals surface area contributed by atoms with Crippen molar-refractivity contribution >= 4 is 17.4 Å². The summed E-state index contributed by atoms with van der Waals surface area (Å²) >= 11 is 1.28. The number of hydrogen-bond donors (Lipinski definition) is 1. The molecule has 0 aliphatic rings. The highest BCUT2D eigenvalue weighted by Gasteiger charge is 2.16. The first-order chi connectivity index (χ1) is 13.0. The molecule has 7 heteroatoms. The standard InChI is InChI=1S/C20H17FN4OS/c1-12-7-9-14(10-8-12)17-13(2)24-25-18(17)22-19(23-20(25)26)27-11-15-5-3-4-6-16(15)21/h3-10H,11H2,1-2H3,(H,22,23,26). The van der Waals surface area contributed by atoms with Crippen LogP contribution in [0.1, 0.15) is 16.8 Å². The lowest BCUT2D eigenvalue weighted by Gasteiger charge is -2.04. The molecule has 4 rings (SSSR count). The second-order valence-electron chi connectivity index (χ2n) is 6.29. The minimum absolute atomic E-state index is 0.269. The zero-order chi connectivity index (χ0) is 19.0. The fourth-order valence-corrected chi connectivity index (χ4v) is 3.75. The summed E-state index contributed by atoms with van der Waals surface area (Å²) in [5.74, 6) is 0.104. The van der Waals surface area contributed by atoms with Gasteiger partial charge in [0.15, 0.2) is 10.8 Å². The number of hydrogen-bond acceptors (Lipinski definition) is 4. The van der Waals surface area contributed by atoms with E-state index in [1.807, 2.05) is 38.1 Å². The van der Waals surface area contributed by atoms with Gasteiger partial charge in [0, 0.05) is 11.3 Å². The molecular formula is C20H17FN4OS. The molecule has 0 fully saturated rings. The lowest BCUT2D eigenvalue weighted by molar-refractivity contribution is 0.617. The van der Waals surface area contributed by atoms with Crippen molar-refractivity contribution in [1.29, 1.82) is 0 Å². The van der Waals surface area contributed by atoms with Crippen molar-refractivity contribution in [3.05, 3.63) is 81.7 Å². The lowest BCUT2D eigenvalue weighted by atomic mass is 10.0. The summed E-state index contributed by atoms with van der Waals surface area (Å²) in [7, 11) is 0. The zero-order valence-electron chi connectivity index (χ0n) is 14.9. The minimum atomic E-state index is -0.363. The molecule has 1 N–H and O–H groups in total. The van der Waals surface area contributed by atoms with Crippen molar-refractivity contribution in [3.8, 4) is 11.1 Å². The first-order valence-corrected chi connectivity index (χ1v) is 9.44. The van der Waals surface area contributed by atoms with Crippen molar-refractivity contribution < 1.29 is 4.39 Å². The summed E-state index contributed by atoms with van der Waals surface area (Å²) in [4.78, 5) is 19.7. The number of H-pyrrole nitrogens is 1. The maximum atomic E-state index is 13.8. The number of aryl methyl sites for hydroxylation is 2. The van der Waals surface area contributed by atoms with Crippen LogP contribution in [0.2, 0.25) is 0 Å². The van der Waals surface area contributed by atoms with E-state index >= 15 is 0 Å². The molecule has 0 amide bonds. The Morgan fingerprint density at radius 3 is 2.59 bits per heavy atom. The van der Waals surface area contributed by atoms with Crippen LogP contribution in [0, 0.1) is 19.7 Å². The van der Waals surface area contributed by atoms with Gasteiger partial charge in [0.2, 0.25) is 0 Å². The van der Waals surface area contributed by atoms with Gasteiger partial charge < -0.3 is 0 Å². The number of fused-ring (bicyclic) bond motifs is 1. The lowest BCUT2D eigenvalue weighted by Crippen LogP contribution is -2.19. The van der Waals surface area contributed by atoms with Gasteiger partial charge in [0.05, 0.1) is 5.69 Å².